The van der Waals surface area contributed by atoms with E-state index in [9.17, 15) is 0 Å². The number of likely N-dealkylation sites (N-methyl/N-ethyl adjacent to an activating group) is 1. The molecule has 0 radical (unpaired) electrons. The summed E-state index contributed by atoms with van der Waals surface area (Å²) in [6, 6.07) is 0. The number of hydrogen-bond acceptors (Lipinski definition) is 4. The molecule has 5 heteroatoms. The second-order valence-electron chi connectivity index (χ2n) is 3.94. The molecule has 0 aromatic carbocycles. The summed E-state index contributed by atoms with van der Waals surface area (Å²) in [6.45, 7) is 9.40. The number of hydrogen-bond donors (Lipinski definition) is 1. The molecule has 17 heavy (non-hydrogen) atoms. The quantitative estimate of drug-likeness (QED) is 0.732. The third-order valence-corrected chi connectivity index (χ3v) is 2.85. The number of ether oxygens (including phenoxy) is 1. The van der Waals surface area contributed by atoms with Gasteiger partial charge in [-0.2, -0.15) is 5.10 Å². The van der Waals surface area contributed by atoms with Gasteiger partial charge < -0.3 is 15.4 Å². The molecule has 0 bridgehead atoms. The lowest BCUT2D eigenvalue weighted by molar-refractivity contribution is 0.154. The number of nitrogens with zero attached hydrogens (tertiary/aromatic N) is 3. The van der Waals surface area contributed by atoms with Crippen molar-refractivity contribution in [1.29, 1.82) is 0 Å². The van der Waals surface area contributed by atoms with Gasteiger partial charge in [0.1, 0.15) is 5.82 Å². The zero-order valence-electron chi connectivity index (χ0n) is 11.4. The van der Waals surface area contributed by atoms with Gasteiger partial charge in [-0.3, -0.25) is 4.68 Å². The van der Waals surface area contributed by atoms with Crippen LogP contribution in [0, 0.1) is 0 Å². The van der Waals surface area contributed by atoms with E-state index in [-0.39, 0.29) is 0 Å². The standard InChI is InChI=1S/C12H24N4O/c1-5-10-11(13)12(15(4)14-10)16(6-2)8-9-17-7-3/h5-9,13H2,1-4H3. The molecule has 0 saturated heterocycles. The van der Waals surface area contributed by atoms with Gasteiger partial charge in [-0.15, -0.1) is 0 Å². The molecule has 5 nitrogen and oxygen atoms in total. The molecule has 0 amide bonds. The van der Waals surface area contributed by atoms with Gasteiger partial charge in [0, 0.05) is 26.7 Å². The zero-order chi connectivity index (χ0) is 12.8. The number of aryl methyl sites for hydroxylation is 2. The Morgan fingerprint density at radius 3 is 2.53 bits per heavy atom. The molecule has 0 unspecified atom stereocenters. The molecule has 0 fully saturated rings. The molecule has 0 saturated carbocycles. The van der Waals surface area contributed by atoms with Crippen LogP contribution >= 0.6 is 0 Å². The second kappa shape index (κ2) is 6.49. The molecule has 1 aromatic rings. The lowest BCUT2D eigenvalue weighted by Crippen LogP contribution is -2.29. The van der Waals surface area contributed by atoms with E-state index in [0.717, 1.165) is 49.9 Å². The van der Waals surface area contributed by atoms with Crippen LogP contribution in [0.5, 0.6) is 0 Å². The molecule has 2 N–H and O–H groups in total. The molecule has 0 atom stereocenters. The maximum absolute atomic E-state index is 6.13. The molecule has 98 valence electrons. The molecule has 0 spiro atoms. The monoisotopic (exact) mass is 240 g/mol. The van der Waals surface area contributed by atoms with Crippen LogP contribution in [0.2, 0.25) is 0 Å². The smallest absolute Gasteiger partial charge is 0.150 e. The van der Waals surface area contributed by atoms with Crippen molar-refractivity contribution in [3.05, 3.63) is 5.69 Å². The summed E-state index contributed by atoms with van der Waals surface area (Å²) in [5, 5.41) is 4.43. The first-order valence-electron chi connectivity index (χ1n) is 6.29. The molecule has 0 aliphatic rings. The van der Waals surface area contributed by atoms with Crippen molar-refractivity contribution in [3.63, 3.8) is 0 Å². The Bertz CT molecular complexity index is 349. The minimum absolute atomic E-state index is 0.719. The Hall–Kier alpha value is -1.23. The van der Waals surface area contributed by atoms with E-state index in [0.29, 0.717) is 0 Å². The van der Waals surface area contributed by atoms with Crippen molar-refractivity contribution in [2.45, 2.75) is 27.2 Å². The van der Waals surface area contributed by atoms with E-state index in [1.807, 2.05) is 18.7 Å². The lowest BCUT2D eigenvalue weighted by atomic mass is 10.3. The predicted octanol–water partition coefficient (Wildman–Crippen LogP) is 1.43. The van der Waals surface area contributed by atoms with E-state index >= 15 is 0 Å². The Labute approximate surface area is 104 Å². The first-order chi connectivity index (χ1) is 8.15. The highest BCUT2D eigenvalue weighted by atomic mass is 16.5. The third-order valence-electron chi connectivity index (χ3n) is 2.85. The molecule has 1 rings (SSSR count). The number of aromatic nitrogens is 2. The molecular formula is C12H24N4O. The minimum atomic E-state index is 0.719. The summed E-state index contributed by atoms with van der Waals surface area (Å²) >= 11 is 0. The van der Waals surface area contributed by atoms with Crippen molar-refractivity contribution in [3.8, 4) is 0 Å². The van der Waals surface area contributed by atoms with E-state index in [1.54, 1.807) is 0 Å². The van der Waals surface area contributed by atoms with Crippen molar-refractivity contribution >= 4 is 11.5 Å². The van der Waals surface area contributed by atoms with Gasteiger partial charge >= 0.3 is 0 Å². The molecule has 0 aliphatic heterocycles. The number of rotatable bonds is 7. The molecule has 1 heterocycles. The van der Waals surface area contributed by atoms with Crippen LogP contribution in [0.3, 0.4) is 0 Å². The second-order valence-corrected chi connectivity index (χ2v) is 3.94. The number of anilines is 2. The van der Waals surface area contributed by atoms with Gasteiger partial charge in [0.2, 0.25) is 0 Å². The van der Waals surface area contributed by atoms with E-state index in [2.05, 4.69) is 23.8 Å². The Balaban J connectivity index is 2.83. The van der Waals surface area contributed by atoms with Gasteiger partial charge in [0.05, 0.1) is 18.0 Å². The van der Waals surface area contributed by atoms with E-state index < -0.39 is 0 Å². The fraction of sp³-hybridized carbons (Fsp3) is 0.750. The maximum Gasteiger partial charge on any atom is 0.150 e. The van der Waals surface area contributed by atoms with Crippen LogP contribution in [0.25, 0.3) is 0 Å². The summed E-state index contributed by atoms with van der Waals surface area (Å²) in [5.74, 6) is 1.00. The highest BCUT2D eigenvalue weighted by Crippen LogP contribution is 2.26. The Kier molecular flexibility index (Phi) is 5.28. The number of nitrogen functional groups attached to an aromatic ring is 1. The van der Waals surface area contributed by atoms with Gasteiger partial charge in [-0.05, 0) is 20.3 Å². The SMILES string of the molecule is CCOCCN(CC)c1c(N)c(CC)nn1C. The molecule has 0 aliphatic carbocycles. The predicted molar refractivity (Wildman–Crippen MR) is 71.4 cm³/mol. The van der Waals surface area contributed by atoms with E-state index in [1.165, 1.54) is 0 Å². The van der Waals surface area contributed by atoms with Crippen molar-refractivity contribution in [1.82, 2.24) is 9.78 Å². The summed E-state index contributed by atoms with van der Waals surface area (Å²) in [6.07, 6.45) is 0.864. The zero-order valence-corrected chi connectivity index (χ0v) is 11.4. The van der Waals surface area contributed by atoms with Crippen LogP contribution in [-0.2, 0) is 18.2 Å². The molecule has 1 aromatic heterocycles. The average Bonchev–Trinajstić information content (AvgIpc) is 2.61. The fourth-order valence-electron chi connectivity index (χ4n) is 1.95. The van der Waals surface area contributed by atoms with Crippen LogP contribution < -0.4 is 10.6 Å². The minimum Gasteiger partial charge on any atom is -0.394 e. The molecular weight excluding hydrogens is 216 g/mol. The van der Waals surface area contributed by atoms with Gasteiger partial charge in [-0.1, -0.05) is 6.92 Å². The maximum atomic E-state index is 6.13. The summed E-state index contributed by atoms with van der Waals surface area (Å²) in [7, 11) is 1.94. The van der Waals surface area contributed by atoms with Crippen LogP contribution in [0.1, 0.15) is 26.5 Å². The highest BCUT2D eigenvalue weighted by molar-refractivity contribution is 5.66. The first kappa shape index (κ1) is 13.8. The van der Waals surface area contributed by atoms with Crippen LogP contribution in [0.15, 0.2) is 0 Å². The highest BCUT2D eigenvalue weighted by Gasteiger charge is 2.16. The first-order valence-corrected chi connectivity index (χ1v) is 6.29. The topological polar surface area (TPSA) is 56.3 Å². The van der Waals surface area contributed by atoms with Crippen molar-refractivity contribution in [2.75, 3.05) is 36.9 Å². The van der Waals surface area contributed by atoms with Crippen molar-refractivity contribution in [2.24, 2.45) is 7.05 Å². The van der Waals surface area contributed by atoms with Gasteiger partial charge in [-0.25, -0.2) is 0 Å². The van der Waals surface area contributed by atoms with Crippen LogP contribution in [0.4, 0.5) is 11.5 Å². The normalized spacial score (nSPS) is 10.8. The largest absolute Gasteiger partial charge is 0.394 e. The van der Waals surface area contributed by atoms with Gasteiger partial charge in [0.25, 0.3) is 0 Å². The summed E-state index contributed by atoms with van der Waals surface area (Å²) < 4.78 is 7.25. The summed E-state index contributed by atoms with van der Waals surface area (Å²) in [4.78, 5) is 2.21. The lowest BCUT2D eigenvalue weighted by Gasteiger charge is -2.23. The van der Waals surface area contributed by atoms with Crippen molar-refractivity contribution < 1.29 is 4.74 Å². The number of nitrogens with two attached hydrogens (primary N) is 1. The third kappa shape index (κ3) is 3.12. The Morgan fingerprint density at radius 1 is 1.35 bits per heavy atom. The fourth-order valence-corrected chi connectivity index (χ4v) is 1.95. The average molecular weight is 240 g/mol. The van der Waals surface area contributed by atoms with E-state index in [4.69, 9.17) is 10.5 Å². The summed E-state index contributed by atoms with van der Waals surface area (Å²) in [5.41, 5.74) is 7.90. The van der Waals surface area contributed by atoms with Crippen LogP contribution in [-0.4, -0.2) is 36.1 Å². The van der Waals surface area contributed by atoms with Gasteiger partial charge in [0.15, 0.2) is 0 Å². The Morgan fingerprint density at radius 2 is 2.06 bits per heavy atom.